The summed E-state index contributed by atoms with van der Waals surface area (Å²) in [5.74, 6) is 0.631. The lowest BCUT2D eigenvalue weighted by atomic mass is 10.1. The van der Waals surface area contributed by atoms with Gasteiger partial charge >= 0.3 is 0 Å². The molecule has 82 valence electrons. The molecule has 1 aromatic carbocycles. The average molecular weight is 255 g/mol. The fourth-order valence-corrected chi connectivity index (χ4v) is 1.32. The molecule has 1 aromatic heterocycles. The topological polar surface area (TPSA) is 42.9 Å². The predicted molar refractivity (Wildman–Crippen MR) is 64.9 cm³/mol. The van der Waals surface area contributed by atoms with Gasteiger partial charge in [-0.3, -0.25) is 4.79 Å². The Labute approximate surface area is 104 Å². The van der Waals surface area contributed by atoms with Crippen LogP contribution in [0.3, 0.4) is 0 Å². The van der Waals surface area contributed by atoms with Crippen LogP contribution in [0, 0.1) is 0 Å². The first-order valence-electron chi connectivity index (χ1n) is 4.34. The van der Waals surface area contributed by atoms with Crippen LogP contribution in [0.5, 0.6) is 0 Å². The molecular weight excluding hydrogens is 247 g/mol. The molecule has 0 N–H and O–H groups in total. The van der Waals surface area contributed by atoms with Crippen molar-refractivity contribution in [2.75, 3.05) is 0 Å². The minimum Gasteiger partial charge on any atom is -0.276 e. The summed E-state index contributed by atoms with van der Waals surface area (Å²) < 4.78 is 0. The Hall–Kier alpha value is -1.45. The van der Waals surface area contributed by atoms with Gasteiger partial charge in [0.1, 0.15) is 0 Å². The van der Waals surface area contributed by atoms with E-state index in [0.29, 0.717) is 11.4 Å². The minimum absolute atomic E-state index is 0. The molecule has 0 fully saturated rings. The molecule has 0 aliphatic heterocycles. The summed E-state index contributed by atoms with van der Waals surface area (Å²) in [5, 5.41) is -0.462. The lowest BCUT2D eigenvalue weighted by molar-refractivity contribution is 0.108. The smallest absolute Gasteiger partial charge is 0.252 e. The largest absolute Gasteiger partial charge is 0.276 e. The molecule has 0 spiro atoms. The van der Waals surface area contributed by atoms with Crippen molar-refractivity contribution in [1.29, 1.82) is 0 Å². The Morgan fingerprint density at radius 2 is 1.62 bits per heavy atom. The molecule has 0 amide bonds. The SMILES string of the molecule is Cl.O=C(Cl)c1ccc(-c2ncccn2)cc1. The zero-order valence-electron chi connectivity index (χ0n) is 8.13. The fourth-order valence-electron chi connectivity index (χ4n) is 1.20. The van der Waals surface area contributed by atoms with E-state index >= 15 is 0 Å². The number of halogens is 2. The Balaban J connectivity index is 0.00000128. The van der Waals surface area contributed by atoms with Gasteiger partial charge in [-0.25, -0.2) is 9.97 Å². The van der Waals surface area contributed by atoms with E-state index in [4.69, 9.17) is 11.6 Å². The highest BCUT2D eigenvalue weighted by atomic mass is 35.5. The highest BCUT2D eigenvalue weighted by Crippen LogP contribution is 2.15. The second kappa shape index (κ2) is 5.58. The molecule has 0 saturated heterocycles. The van der Waals surface area contributed by atoms with E-state index in [1.54, 1.807) is 42.7 Å². The summed E-state index contributed by atoms with van der Waals surface area (Å²) in [6.45, 7) is 0. The zero-order valence-corrected chi connectivity index (χ0v) is 9.70. The van der Waals surface area contributed by atoms with Crippen LogP contribution in [-0.2, 0) is 0 Å². The zero-order chi connectivity index (χ0) is 10.7. The summed E-state index contributed by atoms with van der Waals surface area (Å²) in [7, 11) is 0. The average Bonchev–Trinajstić information content (AvgIpc) is 2.30. The van der Waals surface area contributed by atoms with Crippen LogP contribution in [0.1, 0.15) is 10.4 Å². The van der Waals surface area contributed by atoms with Crippen molar-refractivity contribution < 1.29 is 4.79 Å². The van der Waals surface area contributed by atoms with Gasteiger partial charge in [-0.1, -0.05) is 12.1 Å². The Morgan fingerprint density at radius 3 is 2.12 bits per heavy atom. The lowest BCUT2D eigenvalue weighted by Crippen LogP contribution is -1.90. The molecule has 0 aliphatic rings. The molecule has 3 nitrogen and oxygen atoms in total. The summed E-state index contributed by atoms with van der Waals surface area (Å²) in [6, 6.07) is 8.60. The van der Waals surface area contributed by atoms with Crippen molar-refractivity contribution in [3.63, 3.8) is 0 Å². The molecule has 0 unspecified atom stereocenters. The molecular formula is C11H8Cl2N2O. The van der Waals surface area contributed by atoms with Crippen LogP contribution in [0.15, 0.2) is 42.7 Å². The summed E-state index contributed by atoms with van der Waals surface area (Å²) in [4.78, 5) is 19.0. The maximum Gasteiger partial charge on any atom is 0.252 e. The second-order valence-electron chi connectivity index (χ2n) is 2.92. The normalized spacial score (nSPS) is 9.31. The maximum absolute atomic E-state index is 10.8. The van der Waals surface area contributed by atoms with E-state index in [-0.39, 0.29) is 12.4 Å². The van der Waals surface area contributed by atoms with Gasteiger partial charge in [0.05, 0.1) is 0 Å². The number of nitrogens with zero attached hydrogens (tertiary/aromatic N) is 2. The van der Waals surface area contributed by atoms with Crippen molar-refractivity contribution in [3.8, 4) is 11.4 Å². The summed E-state index contributed by atoms with van der Waals surface area (Å²) in [5.41, 5.74) is 1.33. The highest BCUT2D eigenvalue weighted by Gasteiger charge is 2.03. The van der Waals surface area contributed by atoms with Crippen LogP contribution in [-0.4, -0.2) is 15.2 Å². The van der Waals surface area contributed by atoms with E-state index < -0.39 is 5.24 Å². The molecule has 1 heterocycles. The third-order valence-corrected chi connectivity index (χ3v) is 2.15. The van der Waals surface area contributed by atoms with E-state index in [1.807, 2.05) is 0 Å². The van der Waals surface area contributed by atoms with Crippen LogP contribution in [0.4, 0.5) is 0 Å². The Morgan fingerprint density at radius 1 is 1.06 bits per heavy atom. The van der Waals surface area contributed by atoms with Crippen molar-refractivity contribution in [2.45, 2.75) is 0 Å². The van der Waals surface area contributed by atoms with Gasteiger partial charge in [0.25, 0.3) is 5.24 Å². The Bertz CT molecular complexity index is 471. The molecule has 0 atom stereocenters. The number of aromatic nitrogens is 2. The van der Waals surface area contributed by atoms with Gasteiger partial charge in [0.15, 0.2) is 5.82 Å². The quantitative estimate of drug-likeness (QED) is 0.775. The molecule has 2 rings (SSSR count). The molecule has 2 aromatic rings. The number of hydrogen-bond donors (Lipinski definition) is 0. The van der Waals surface area contributed by atoms with Crippen molar-refractivity contribution >= 4 is 29.3 Å². The third kappa shape index (κ3) is 2.78. The number of hydrogen-bond acceptors (Lipinski definition) is 3. The third-order valence-electron chi connectivity index (χ3n) is 1.94. The van der Waals surface area contributed by atoms with Crippen molar-refractivity contribution in [3.05, 3.63) is 48.3 Å². The van der Waals surface area contributed by atoms with Crippen LogP contribution in [0.25, 0.3) is 11.4 Å². The number of rotatable bonds is 2. The van der Waals surface area contributed by atoms with E-state index in [1.165, 1.54) is 0 Å². The van der Waals surface area contributed by atoms with E-state index in [9.17, 15) is 4.79 Å². The maximum atomic E-state index is 10.8. The monoisotopic (exact) mass is 254 g/mol. The van der Waals surface area contributed by atoms with Gasteiger partial charge in [0, 0.05) is 23.5 Å². The lowest BCUT2D eigenvalue weighted by Gasteiger charge is -1.99. The first-order chi connectivity index (χ1) is 7.27. The fraction of sp³-hybridized carbons (Fsp3) is 0. The second-order valence-corrected chi connectivity index (χ2v) is 3.27. The van der Waals surface area contributed by atoms with Crippen molar-refractivity contribution in [1.82, 2.24) is 9.97 Å². The standard InChI is InChI=1S/C11H7ClN2O.ClH/c12-10(15)8-2-4-9(5-3-8)11-13-6-1-7-14-11;/h1-7H;1H. The van der Waals surface area contributed by atoms with Gasteiger partial charge in [-0.05, 0) is 29.8 Å². The van der Waals surface area contributed by atoms with Gasteiger partial charge in [-0.2, -0.15) is 0 Å². The molecule has 0 bridgehead atoms. The van der Waals surface area contributed by atoms with Crippen LogP contribution >= 0.6 is 24.0 Å². The van der Waals surface area contributed by atoms with E-state index in [0.717, 1.165) is 5.56 Å². The highest BCUT2D eigenvalue weighted by molar-refractivity contribution is 6.67. The van der Waals surface area contributed by atoms with Crippen molar-refractivity contribution in [2.24, 2.45) is 0 Å². The van der Waals surface area contributed by atoms with Crippen LogP contribution in [0.2, 0.25) is 0 Å². The van der Waals surface area contributed by atoms with E-state index in [2.05, 4.69) is 9.97 Å². The first-order valence-corrected chi connectivity index (χ1v) is 4.72. The molecule has 0 saturated carbocycles. The van der Waals surface area contributed by atoms with Gasteiger partial charge in [-0.15, -0.1) is 12.4 Å². The summed E-state index contributed by atoms with van der Waals surface area (Å²) in [6.07, 6.45) is 3.34. The first kappa shape index (κ1) is 12.6. The molecule has 16 heavy (non-hydrogen) atoms. The molecule has 0 radical (unpaired) electrons. The minimum atomic E-state index is -0.462. The van der Waals surface area contributed by atoms with Gasteiger partial charge < -0.3 is 0 Å². The van der Waals surface area contributed by atoms with Crippen LogP contribution < -0.4 is 0 Å². The van der Waals surface area contributed by atoms with Gasteiger partial charge in [0.2, 0.25) is 0 Å². The molecule has 0 aliphatic carbocycles. The number of carbonyl (C=O) groups is 1. The predicted octanol–water partition coefficient (Wildman–Crippen LogP) is 2.94. The number of benzene rings is 1. The Kier molecular flexibility index (Phi) is 4.40. The summed E-state index contributed by atoms with van der Waals surface area (Å²) >= 11 is 5.33. The molecule has 5 heteroatoms. The number of carbonyl (C=O) groups excluding carboxylic acids is 1.